The maximum Gasteiger partial charge on any atom is 0.378 e. The number of H-pyrrole nitrogens is 1. The predicted molar refractivity (Wildman–Crippen MR) is 70.9 cm³/mol. The molecule has 0 atom stereocenters. The second-order valence-corrected chi connectivity index (χ2v) is 4.31. The highest BCUT2D eigenvalue weighted by atomic mass is 16.5. The highest BCUT2D eigenvalue weighted by Gasteiger charge is 2.12. The molecule has 1 heterocycles. The Balaban J connectivity index is 1.93. The van der Waals surface area contributed by atoms with Crippen LogP contribution in [0.1, 0.15) is 34.5 Å². The molecular weight excluding hydrogens is 242 g/mol. The number of carbonyl (C=O) groups is 1. The number of nitrogens with one attached hydrogen (secondary N) is 1. The molecule has 0 aliphatic heterocycles. The molecule has 0 aliphatic carbocycles. The van der Waals surface area contributed by atoms with Gasteiger partial charge in [-0.15, -0.1) is 5.10 Å². The minimum atomic E-state index is -0.486. The summed E-state index contributed by atoms with van der Waals surface area (Å²) >= 11 is 0. The number of ether oxygens (including phenoxy) is 1. The lowest BCUT2D eigenvalue weighted by atomic mass is 10.1. The van der Waals surface area contributed by atoms with Crippen LogP contribution in [-0.2, 0) is 17.6 Å². The van der Waals surface area contributed by atoms with E-state index in [0.717, 1.165) is 12.8 Å². The molecule has 0 amide bonds. The van der Waals surface area contributed by atoms with E-state index in [1.807, 2.05) is 0 Å². The van der Waals surface area contributed by atoms with E-state index in [1.54, 1.807) is 6.92 Å². The molecule has 0 fully saturated rings. The number of benzene rings is 1. The molecule has 19 heavy (non-hydrogen) atoms. The lowest BCUT2D eigenvalue weighted by Gasteiger charge is -1.99. The molecule has 5 nitrogen and oxygen atoms in total. The number of nitrogens with zero attached hydrogens (tertiary/aromatic N) is 2. The SMILES string of the molecule is CCOC(=O)c1n[nH]c(CCc2ccc(C)cc2)n1. The fraction of sp³-hybridized carbons (Fsp3) is 0.357. The van der Waals surface area contributed by atoms with Gasteiger partial charge in [0.1, 0.15) is 5.82 Å². The quantitative estimate of drug-likeness (QED) is 0.835. The second kappa shape index (κ2) is 6.13. The van der Waals surface area contributed by atoms with E-state index in [9.17, 15) is 4.79 Å². The van der Waals surface area contributed by atoms with Gasteiger partial charge >= 0.3 is 5.97 Å². The topological polar surface area (TPSA) is 67.9 Å². The van der Waals surface area contributed by atoms with Gasteiger partial charge in [0, 0.05) is 6.42 Å². The first kappa shape index (κ1) is 13.3. The summed E-state index contributed by atoms with van der Waals surface area (Å²) in [7, 11) is 0. The van der Waals surface area contributed by atoms with E-state index in [4.69, 9.17) is 4.74 Å². The summed E-state index contributed by atoms with van der Waals surface area (Å²) in [5.74, 6) is 0.310. The highest BCUT2D eigenvalue weighted by molar-refractivity contribution is 5.84. The Morgan fingerprint density at radius 1 is 1.26 bits per heavy atom. The van der Waals surface area contributed by atoms with Gasteiger partial charge in [-0.05, 0) is 25.8 Å². The zero-order chi connectivity index (χ0) is 13.7. The Morgan fingerprint density at radius 3 is 2.68 bits per heavy atom. The number of esters is 1. The summed E-state index contributed by atoms with van der Waals surface area (Å²) in [5, 5.41) is 6.62. The molecule has 0 unspecified atom stereocenters. The van der Waals surface area contributed by atoms with Crippen LogP contribution in [0.3, 0.4) is 0 Å². The monoisotopic (exact) mass is 259 g/mol. The van der Waals surface area contributed by atoms with Gasteiger partial charge in [0.25, 0.3) is 5.82 Å². The maximum absolute atomic E-state index is 11.4. The zero-order valence-electron chi connectivity index (χ0n) is 11.1. The third-order valence-electron chi connectivity index (χ3n) is 2.76. The van der Waals surface area contributed by atoms with Crippen molar-refractivity contribution in [2.45, 2.75) is 26.7 Å². The fourth-order valence-electron chi connectivity index (χ4n) is 1.71. The van der Waals surface area contributed by atoms with E-state index in [1.165, 1.54) is 11.1 Å². The molecule has 0 bridgehead atoms. The normalized spacial score (nSPS) is 10.4. The summed E-state index contributed by atoms with van der Waals surface area (Å²) in [6.45, 7) is 4.14. The largest absolute Gasteiger partial charge is 0.460 e. The predicted octanol–water partition coefficient (Wildman–Crippen LogP) is 2.08. The lowest BCUT2D eigenvalue weighted by Crippen LogP contribution is -2.06. The van der Waals surface area contributed by atoms with Gasteiger partial charge in [0.05, 0.1) is 6.61 Å². The van der Waals surface area contributed by atoms with Crippen molar-refractivity contribution in [1.29, 1.82) is 0 Å². The lowest BCUT2D eigenvalue weighted by molar-refractivity contribution is 0.0512. The van der Waals surface area contributed by atoms with Crippen LogP contribution in [0.4, 0.5) is 0 Å². The minimum absolute atomic E-state index is 0.0979. The third kappa shape index (κ3) is 3.64. The van der Waals surface area contributed by atoms with Crippen molar-refractivity contribution >= 4 is 5.97 Å². The summed E-state index contributed by atoms with van der Waals surface area (Å²) < 4.78 is 4.83. The van der Waals surface area contributed by atoms with Crippen LogP contribution in [0.5, 0.6) is 0 Å². The van der Waals surface area contributed by atoms with Crippen molar-refractivity contribution in [2.24, 2.45) is 0 Å². The van der Waals surface area contributed by atoms with Gasteiger partial charge in [0.15, 0.2) is 0 Å². The standard InChI is InChI=1S/C14H17N3O2/c1-3-19-14(18)13-15-12(16-17-13)9-8-11-6-4-10(2)5-7-11/h4-7H,3,8-9H2,1-2H3,(H,15,16,17). The van der Waals surface area contributed by atoms with E-state index >= 15 is 0 Å². The summed E-state index contributed by atoms with van der Waals surface area (Å²) in [5.41, 5.74) is 2.48. The Morgan fingerprint density at radius 2 is 2.00 bits per heavy atom. The average Bonchev–Trinajstić information content (AvgIpc) is 2.87. The summed E-state index contributed by atoms with van der Waals surface area (Å²) in [6, 6.07) is 8.36. The van der Waals surface area contributed by atoms with E-state index < -0.39 is 5.97 Å². The van der Waals surface area contributed by atoms with Crippen molar-refractivity contribution in [1.82, 2.24) is 15.2 Å². The molecule has 1 N–H and O–H groups in total. The van der Waals surface area contributed by atoms with Crippen molar-refractivity contribution in [2.75, 3.05) is 6.61 Å². The number of carbonyl (C=O) groups excluding carboxylic acids is 1. The molecule has 100 valence electrons. The van der Waals surface area contributed by atoms with Crippen molar-refractivity contribution < 1.29 is 9.53 Å². The number of aromatic nitrogens is 3. The minimum Gasteiger partial charge on any atom is -0.460 e. The fourth-order valence-corrected chi connectivity index (χ4v) is 1.71. The first-order valence-electron chi connectivity index (χ1n) is 6.33. The Kier molecular flexibility index (Phi) is 4.28. The second-order valence-electron chi connectivity index (χ2n) is 4.31. The van der Waals surface area contributed by atoms with Crippen LogP contribution in [0.25, 0.3) is 0 Å². The van der Waals surface area contributed by atoms with Gasteiger partial charge in [0.2, 0.25) is 0 Å². The first-order chi connectivity index (χ1) is 9.19. The van der Waals surface area contributed by atoms with Crippen LogP contribution in [0.15, 0.2) is 24.3 Å². The first-order valence-corrected chi connectivity index (χ1v) is 6.33. The molecule has 1 aromatic heterocycles. The molecule has 2 rings (SSSR count). The molecule has 1 aromatic carbocycles. The molecule has 0 spiro atoms. The smallest absolute Gasteiger partial charge is 0.378 e. The molecule has 0 saturated heterocycles. The number of aryl methyl sites for hydroxylation is 3. The van der Waals surface area contributed by atoms with Gasteiger partial charge in [-0.3, -0.25) is 5.10 Å². The van der Waals surface area contributed by atoms with Crippen molar-refractivity contribution in [3.05, 3.63) is 47.0 Å². The molecule has 0 saturated carbocycles. The Labute approximate surface area is 112 Å². The number of hydrogen-bond acceptors (Lipinski definition) is 4. The van der Waals surface area contributed by atoms with Crippen molar-refractivity contribution in [3.8, 4) is 0 Å². The van der Waals surface area contributed by atoms with Gasteiger partial charge in [-0.25, -0.2) is 9.78 Å². The maximum atomic E-state index is 11.4. The van der Waals surface area contributed by atoms with Crippen LogP contribution in [0, 0.1) is 6.92 Å². The number of aromatic amines is 1. The van der Waals surface area contributed by atoms with E-state index in [-0.39, 0.29) is 5.82 Å². The van der Waals surface area contributed by atoms with E-state index in [0.29, 0.717) is 12.4 Å². The Bertz CT molecular complexity index is 546. The highest BCUT2D eigenvalue weighted by Crippen LogP contribution is 2.06. The van der Waals surface area contributed by atoms with Crippen LogP contribution in [-0.4, -0.2) is 27.8 Å². The average molecular weight is 259 g/mol. The Hall–Kier alpha value is -2.17. The van der Waals surface area contributed by atoms with Crippen LogP contribution in [0.2, 0.25) is 0 Å². The van der Waals surface area contributed by atoms with Gasteiger partial charge in [-0.2, -0.15) is 0 Å². The molecule has 0 radical (unpaired) electrons. The summed E-state index contributed by atoms with van der Waals surface area (Å²) in [6.07, 6.45) is 1.58. The number of hydrogen-bond donors (Lipinski definition) is 1. The molecule has 5 heteroatoms. The summed E-state index contributed by atoms with van der Waals surface area (Å²) in [4.78, 5) is 15.5. The van der Waals surface area contributed by atoms with E-state index in [2.05, 4.69) is 46.4 Å². The zero-order valence-corrected chi connectivity index (χ0v) is 11.1. The molecule has 0 aliphatic rings. The molecule has 2 aromatic rings. The van der Waals surface area contributed by atoms with Crippen LogP contribution >= 0.6 is 0 Å². The number of rotatable bonds is 5. The van der Waals surface area contributed by atoms with Gasteiger partial charge in [-0.1, -0.05) is 29.8 Å². The van der Waals surface area contributed by atoms with Crippen LogP contribution < -0.4 is 0 Å². The molecular formula is C14H17N3O2. The van der Waals surface area contributed by atoms with Crippen molar-refractivity contribution in [3.63, 3.8) is 0 Å². The third-order valence-corrected chi connectivity index (χ3v) is 2.76. The van der Waals surface area contributed by atoms with Gasteiger partial charge < -0.3 is 4.74 Å².